The summed E-state index contributed by atoms with van der Waals surface area (Å²) in [5.74, 6) is -1.56. The molecule has 0 saturated carbocycles. The molecule has 1 rings (SSSR count). The third-order valence-electron chi connectivity index (χ3n) is 3.12. The zero-order valence-electron chi connectivity index (χ0n) is 12.7. The number of carbonyl (C=O) groups is 2. The molecule has 0 heterocycles. The Morgan fingerprint density at radius 2 is 1.82 bits per heavy atom. The van der Waals surface area contributed by atoms with Crippen molar-refractivity contribution < 1.29 is 23.1 Å². The summed E-state index contributed by atoms with van der Waals surface area (Å²) in [4.78, 5) is 22.1. The maximum absolute atomic E-state index is 12.6. The van der Waals surface area contributed by atoms with Crippen LogP contribution in [0, 0.1) is 6.92 Å². The van der Waals surface area contributed by atoms with Crippen molar-refractivity contribution >= 4 is 21.9 Å². The summed E-state index contributed by atoms with van der Waals surface area (Å²) in [6, 6.07) is 4.92. The Balaban J connectivity index is 3.09. The van der Waals surface area contributed by atoms with Crippen molar-refractivity contribution in [3.05, 3.63) is 29.8 Å². The zero-order chi connectivity index (χ0) is 16.9. The third kappa shape index (κ3) is 4.54. The van der Waals surface area contributed by atoms with Crippen LogP contribution >= 0.6 is 0 Å². The molecule has 1 amide bonds. The van der Waals surface area contributed by atoms with Crippen LogP contribution in [0.2, 0.25) is 0 Å². The first kappa shape index (κ1) is 18.1. The largest absolute Gasteiger partial charge is 0.480 e. The average Bonchev–Trinajstić information content (AvgIpc) is 2.42. The highest BCUT2D eigenvalue weighted by atomic mass is 32.2. The molecule has 0 fully saturated rings. The van der Waals surface area contributed by atoms with E-state index in [1.165, 1.54) is 26.0 Å². The van der Waals surface area contributed by atoms with Gasteiger partial charge >= 0.3 is 5.97 Å². The van der Waals surface area contributed by atoms with Crippen LogP contribution in [-0.4, -0.2) is 48.8 Å². The van der Waals surface area contributed by atoms with Crippen LogP contribution in [0.1, 0.15) is 19.4 Å². The number of sulfonamides is 1. The van der Waals surface area contributed by atoms with Crippen molar-refractivity contribution in [2.45, 2.75) is 31.7 Å². The van der Waals surface area contributed by atoms with Crippen molar-refractivity contribution in [2.75, 3.05) is 13.1 Å². The van der Waals surface area contributed by atoms with Gasteiger partial charge in [0.1, 0.15) is 6.04 Å². The highest BCUT2D eigenvalue weighted by Crippen LogP contribution is 2.18. The van der Waals surface area contributed by atoms with Gasteiger partial charge in [0.25, 0.3) is 0 Å². The van der Waals surface area contributed by atoms with E-state index in [2.05, 4.69) is 5.32 Å². The topological polar surface area (TPSA) is 104 Å². The van der Waals surface area contributed by atoms with Gasteiger partial charge < -0.3 is 10.4 Å². The lowest BCUT2D eigenvalue weighted by Gasteiger charge is -2.25. The predicted molar refractivity (Wildman–Crippen MR) is 80.9 cm³/mol. The monoisotopic (exact) mass is 328 g/mol. The summed E-state index contributed by atoms with van der Waals surface area (Å²) in [7, 11) is -3.96. The van der Waals surface area contributed by atoms with Crippen LogP contribution in [0.5, 0.6) is 0 Å². The first-order valence-electron chi connectivity index (χ1n) is 6.72. The molecule has 8 heteroatoms. The van der Waals surface area contributed by atoms with E-state index in [1.54, 1.807) is 12.1 Å². The standard InChI is InChI=1S/C14H20N2O5S/c1-10-4-6-13(7-5-10)22(20,21)16(11(2)14(18)19)9-8-15-12(3)17/h4-7,11H,8-9H2,1-3H3,(H,15,17)(H,18,19). The second-order valence-electron chi connectivity index (χ2n) is 4.93. The van der Waals surface area contributed by atoms with Gasteiger partial charge in [0.2, 0.25) is 15.9 Å². The van der Waals surface area contributed by atoms with E-state index in [0.717, 1.165) is 9.87 Å². The maximum Gasteiger partial charge on any atom is 0.321 e. The van der Waals surface area contributed by atoms with Crippen molar-refractivity contribution in [1.82, 2.24) is 9.62 Å². The molecule has 0 aromatic heterocycles. The first-order chi connectivity index (χ1) is 10.2. The molecule has 1 aromatic carbocycles. The van der Waals surface area contributed by atoms with Gasteiger partial charge in [-0.05, 0) is 26.0 Å². The van der Waals surface area contributed by atoms with Crippen LogP contribution in [0.15, 0.2) is 29.2 Å². The molecule has 0 aliphatic carbocycles. The van der Waals surface area contributed by atoms with Crippen molar-refractivity contribution in [3.8, 4) is 0 Å². The summed E-state index contributed by atoms with van der Waals surface area (Å²) in [6.45, 7) is 4.34. The quantitative estimate of drug-likeness (QED) is 0.762. The molecule has 1 aromatic rings. The smallest absolute Gasteiger partial charge is 0.321 e. The van der Waals surface area contributed by atoms with Crippen LogP contribution in [-0.2, 0) is 19.6 Å². The van der Waals surface area contributed by atoms with E-state index in [4.69, 9.17) is 5.11 Å². The second-order valence-corrected chi connectivity index (χ2v) is 6.82. The molecule has 1 unspecified atom stereocenters. The fourth-order valence-electron chi connectivity index (χ4n) is 1.83. The van der Waals surface area contributed by atoms with Crippen LogP contribution in [0.25, 0.3) is 0 Å². The minimum atomic E-state index is -3.96. The first-order valence-corrected chi connectivity index (χ1v) is 8.16. The number of carboxylic acids is 1. The average molecular weight is 328 g/mol. The van der Waals surface area contributed by atoms with Gasteiger partial charge in [0.05, 0.1) is 4.90 Å². The Bertz CT molecular complexity index is 640. The van der Waals surface area contributed by atoms with E-state index < -0.39 is 22.0 Å². The van der Waals surface area contributed by atoms with Gasteiger partial charge in [-0.3, -0.25) is 9.59 Å². The molecule has 2 N–H and O–H groups in total. The summed E-state index contributed by atoms with van der Waals surface area (Å²) < 4.78 is 26.1. The highest BCUT2D eigenvalue weighted by Gasteiger charge is 2.32. The molecule has 0 saturated heterocycles. The number of amides is 1. The summed E-state index contributed by atoms with van der Waals surface area (Å²) in [6.07, 6.45) is 0. The Labute approximate surface area is 130 Å². The molecule has 0 aliphatic heterocycles. The van der Waals surface area contributed by atoms with Crippen LogP contribution in [0.3, 0.4) is 0 Å². The lowest BCUT2D eigenvalue weighted by molar-refractivity contribution is -0.140. The third-order valence-corrected chi connectivity index (χ3v) is 5.11. The lowest BCUT2D eigenvalue weighted by atomic mass is 10.2. The molecular formula is C14H20N2O5S. The van der Waals surface area contributed by atoms with Gasteiger partial charge in [-0.15, -0.1) is 0 Å². The molecular weight excluding hydrogens is 308 g/mol. The van der Waals surface area contributed by atoms with E-state index in [0.29, 0.717) is 0 Å². The predicted octanol–water partition coefficient (Wildman–Crippen LogP) is 0.595. The SMILES string of the molecule is CC(=O)NCCN(C(C)C(=O)O)S(=O)(=O)c1ccc(C)cc1. The van der Waals surface area contributed by atoms with E-state index in [-0.39, 0.29) is 23.9 Å². The zero-order valence-corrected chi connectivity index (χ0v) is 13.6. The van der Waals surface area contributed by atoms with Gasteiger partial charge in [0, 0.05) is 20.0 Å². The number of aliphatic carboxylic acids is 1. The fourth-order valence-corrected chi connectivity index (χ4v) is 3.42. The normalized spacial score (nSPS) is 12.9. The van der Waals surface area contributed by atoms with Gasteiger partial charge in [-0.1, -0.05) is 17.7 Å². The number of rotatable bonds is 7. The minimum Gasteiger partial charge on any atom is -0.480 e. The molecule has 0 aliphatic rings. The van der Waals surface area contributed by atoms with Gasteiger partial charge in [-0.25, -0.2) is 8.42 Å². The second kappa shape index (κ2) is 7.37. The number of carboxylic acid groups (broad SMARTS) is 1. The van der Waals surface area contributed by atoms with Gasteiger partial charge in [0.15, 0.2) is 0 Å². The molecule has 122 valence electrons. The lowest BCUT2D eigenvalue weighted by Crippen LogP contribution is -2.46. The Morgan fingerprint density at radius 1 is 1.27 bits per heavy atom. The van der Waals surface area contributed by atoms with Gasteiger partial charge in [-0.2, -0.15) is 4.31 Å². The number of hydrogen-bond acceptors (Lipinski definition) is 4. The summed E-state index contributed by atoms with van der Waals surface area (Å²) in [5, 5.41) is 11.6. The van der Waals surface area contributed by atoms with E-state index >= 15 is 0 Å². The van der Waals surface area contributed by atoms with Crippen molar-refractivity contribution in [2.24, 2.45) is 0 Å². The number of nitrogens with one attached hydrogen (secondary N) is 1. The maximum atomic E-state index is 12.6. The molecule has 0 radical (unpaired) electrons. The molecule has 22 heavy (non-hydrogen) atoms. The fraction of sp³-hybridized carbons (Fsp3) is 0.429. The number of nitrogens with zero attached hydrogens (tertiary/aromatic N) is 1. The van der Waals surface area contributed by atoms with E-state index in [1.807, 2.05) is 6.92 Å². The van der Waals surface area contributed by atoms with Crippen LogP contribution < -0.4 is 5.32 Å². The highest BCUT2D eigenvalue weighted by molar-refractivity contribution is 7.89. The van der Waals surface area contributed by atoms with Crippen LogP contribution in [0.4, 0.5) is 0 Å². The number of carbonyl (C=O) groups excluding carboxylic acids is 1. The number of hydrogen-bond donors (Lipinski definition) is 2. The van der Waals surface area contributed by atoms with E-state index in [9.17, 15) is 18.0 Å². The number of benzene rings is 1. The minimum absolute atomic E-state index is 0.0222. The molecule has 0 spiro atoms. The van der Waals surface area contributed by atoms with Crippen molar-refractivity contribution in [3.63, 3.8) is 0 Å². The number of aryl methyl sites for hydroxylation is 1. The molecule has 7 nitrogen and oxygen atoms in total. The Morgan fingerprint density at radius 3 is 2.27 bits per heavy atom. The Hall–Kier alpha value is -1.93. The molecule has 0 bridgehead atoms. The Kier molecular flexibility index (Phi) is 6.07. The molecule has 1 atom stereocenters. The summed E-state index contributed by atoms with van der Waals surface area (Å²) in [5.41, 5.74) is 0.898. The summed E-state index contributed by atoms with van der Waals surface area (Å²) >= 11 is 0. The van der Waals surface area contributed by atoms with Crippen molar-refractivity contribution in [1.29, 1.82) is 0 Å².